The molecule has 14 nitrogen and oxygen atoms in total. The molecule has 0 aliphatic carbocycles. The van der Waals surface area contributed by atoms with Crippen molar-refractivity contribution >= 4 is 80.3 Å². The van der Waals surface area contributed by atoms with E-state index in [2.05, 4.69) is 20.5 Å². The third-order valence-corrected chi connectivity index (χ3v) is 8.82. The van der Waals surface area contributed by atoms with E-state index in [0.29, 0.717) is 5.39 Å². The van der Waals surface area contributed by atoms with E-state index in [4.69, 9.17) is 10.3 Å². The van der Waals surface area contributed by atoms with Gasteiger partial charge >= 0.3 is 0 Å². The van der Waals surface area contributed by atoms with E-state index in [1.54, 1.807) is 6.07 Å². The number of fused-ring (bicyclic) bond motifs is 2. The maximum atomic E-state index is 11.9. The minimum absolute atomic E-state index is 0.0420. The SMILES string of the molecule is Nc1cccc2c(N=Nc3ccc(N=Nc4ccc(S(=O)(=O)O)cc4)c4ccc(S(=O)(=O)O)cc34)ccc(S(=O)(=O)O)c12. The first-order chi connectivity index (χ1) is 20.1. The zero-order valence-electron chi connectivity index (χ0n) is 21.5. The van der Waals surface area contributed by atoms with Crippen molar-refractivity contribution in [2.45, 2.75) is 14.7 Å². The summed E-state index contributed by atoms with van der Waals surface area (Å²) < 4.78 is 98.5. The molecule has 0 heterocycles. The van der Waals surface area contributed by atoms with Crippen LogP contribution < -0.4 is 5.73 Å². The van der Waals surface area contributed by atoms with Gasteiger partial charge in [-0.3, -0.25) is 13.7 Å². The summed E-state index contributed by atoms with van der Waals surface area (Å²) in [5, 5.41) is 17.6. The second kappa shape index (κ2) is 10.9. The monoisotopic (exact) mass is 641 g/mol. The lowest BCUT2D eigenvalue weighted by atomic mass is 10.1. The lowest BCUT2D eigenvalue weighted by molar-refractivity contribution is 0.481. The predicted octanol–water partition coefficient (Wildman–Crippen LogP) is 6.15. The smallest absolute Gasteiger partial charge is 0.295 e. The van der Waals surface area contributed by atoms with Crippen molar-refractivity contribution in [2.75, 3.05) is 5.73 Å². The van der Waals surface area contributed by atoms with Crippen molar-refractivity contribution in [1.82, 2.24) is 0 Å². The molecule has 0 aliphatic rings. The molecule has 17 heteroatoms. The highest BCUT2D eigenvalue weighted by molar-refractivity contribution is 7.86. The fourth-order valence-corrected chi connectivity index (χ4v) is 5.94. The largest absolute Gasteiger partial charge is 0.398 e. The first-order valence-electron chi connectivity index (χ1n) is 11.9. The van der Waals surface area contributed by atoms with E-state index in [1.165, 1.54) is 48.5 Å². The molecule has 5 rings (SSSR count). The highest BCUT2D eigenvalue weighted by Crippen LogP contribution is 2.39. The molecule has 0 fully saturated rings. The summed E-state index contributed by atoms with van der Waals surface area (Å²) in [6, 6.07) is 18.6. The van der Waals surface area contributed by atoms with Gasteiger partial charge < -0.3 is 5.73 Å². The number of nitrogen functional groups attached to an aromatic ring is 1. The number of benzene rings is 5. The molecule has 0 saturated heterocycles. The number of hydrogen-bond donors (Lipinski definition) is 4. The Kier molecular flexibility index (Phi) is 7.55. The Morgan fingerprint density at radius 3 is 1.65 bits per heavy atom. The first-order valence-corrected chi connectivity index (χ1v) is 16.2. The van der Waals surface area contributed by atoms with Crippen LogP contribution in [0, 0.1) is 0 Å². The topological polar surface area (TPSA) is 239 Å². The molecule has 0 unspecified atom stereocenters. The molecule has 5 N–H and O–H groups in total. The van der Waals surface area contributed by atoms with Crippen LogP contribution in [0.3, 0.4) is 0 Å². The molecule has 5 aromatic carbocycles. The molecule has 0 spiro atoms. The van der Waals surface area contributed by atoms with E-state index in [9.17, 15) is 34.4 Å². The third kappa shape index (κ3) is 6.26. The normalized spacial score (nSPS) is 13.0. The molecule has 0 amide bonds. The number of nitrogens with two attached hydrogens (primary N) is 1. The van der Waals surface area contributed by atoms with Crippen molar-refractivity contribution in [2.24, 2.45) is 20.5 Å². The maximum absolute atomic E-state index is 11.9. The van der Waals surface area contributed by atoms with E-state index >= 15 is 0 Å². The molecule has 0 bridgehead atoms. The lowest BCUT2D eigenvalue weighted by Crippen LogP contribution is -2.01. The van der Waals surface area contributed by atoms with Gasteiger partial charge in [-0.15, -0.1) is 15.3 Å². The lowest BCUT2D eigenvalue weighted by Gasteiger charge is -2.09. The summed E-state index contributed by atoms with van der Waals surface area (Å²) >= 11 is 0. The van der Waals surface area contributed by atoms with Crippen molar-refractivity contribution in [1.29, 1.82) is 0 Å². The average molecular weight is 642 g/mol. The van der Waals surface area contributed by atoms with Crippen LogP contribution in [0.15, 0.2) is 120 Å². The van der Waals surface area contributed by atoms with Crippen molar-refractivity contribution in [3.05, 3.63) is 84.9 Å². The molecule has 0 radical (unpaired) electrons. The van der Waals surface area contributed by atoms with Gasteiger partial charge in [0.2, 0.25) is 0 Å². The van der Waals surface area contributed by atoms with Gasteiger partial charge in [0.05, 0.1) is 32.5 Å². The number of azo groups is 2. The van der Waals surface area contributed by atoms with Gasteiger partial charge in [0.25, 0.3) is 30.4 Å². The predicted molar refractivity (Wildman–Crippen MR) is 157 cm³/mol. The van der Waals surface area contributed by atoms with Gasteiger partial charge in [-0.25, -0.2) is 0 Å². The fourth-order valence-electron chi connectivity index (χ4n) is 4.22. The average Bonchev–Trinajstić information content (AvgIpc) is 2.93. The van der Waals surface area contributed by atoms with Crippen LogP contribution >= 0.6 is 0 Å². The van der Waals surface area contributed by atoms with Gasteiger partial charge in [0.15, 0.2) is 0 Å². The summed E-state index contributed by atoms with van der Waals surface area (Å²) in [5.41, 5.74) is 6.90. The number of hydrogen-bond acceptors (Lipinski definition) is 11. The second-order valence-electron chi connectivity index (χ2n) is 8.98. The van der Waals surface area contributed by atoms with Gasteiger partial charge in [-0.05, 0) is 66.7 Å². The Bertz CT molecular complexity index is 2320. The van der Waals surface area contributed by atoms with Gasteiger partial charge in [-0.2, -0.15) is 30.4 Å². The van der Waals surface area contributed by atoms with Crippen LogP contribution in [0.25, 0.3) is 21.5 Å². The minimum Gasteiger partial charge on any atom is -0.398 e. The standard InChI is InChI=1S/C26H19N5O9S3/c27-21-3-1-2-19-23(12-13-25(26(19)21)43(38,39)40)30-31-24-11-10-22(18-9-8-17(14-20(18)24)42(35,36)37)29-28-15-4-6-16(7-5-15)41(32,33)34/h1-14H,27H2,(H,32,33,34)(H,35,36,37)(H,38,39,40). The van der Waals surface area contributed by atoms with Crippen LogP contribution in [0.4, 0.5) is 28.4 Å². The minimum atomic E-state index is -4.61. The van der Waals surface area contributed by atoms with Crippen molar-refractivity contribution < 1.29 is 38.9 Å². The Morgan fingerprint density at radius 1 is 0.512 bits per heavy atom. The Morgan fingerprint density at radius 2 is 1.05 bits per heavy atom. The van der Waals surface area contributed by atoms with Gasteiger partial charge in [0, 0.05) is 27.2 Å². The van der Waals surface area contributed by atoms with Gasteiger partial charge in [0.1, 0.15) is 4.90 Å². The number of nitrogens with zero attached hydrogens (tertiary/aromatic N) is 4. The molecule has 220 valence electrons. The van der Waals surface area contributed by atoms with E-state index in [-0.39, 0.29) is 49.5 Å². The molecule has 0 aromatic heterocycles. The van der Waals surface area contributed by atoms with Crippen LogP contribution in [-0.4, -0.2) is 38.9 Å². The van der Waals surface area contributed by atoms with E-state index < -0.39 is 40.1 Å². The summed E-state index contributed by atoms with van der Waals surface area (Å²) in [5.74, 6) is 0. The Hall–Kier alpha value is -4.65. The third-order valence-electron chi connectivity index (χ3n) is 6.20. The summed E-state index contributed by atoms with van der Waals surface area (Å²) in [7, 11) is -13.6. The Labute approximate surface area is 244 Å². The Balaban J connectivity index is 1.62. The summed E-state index contributed by atoms with van der Waals surface area (Å²) in [6.45, 7) is 0. The van der Waals surface area contributed by atoms with Crippen molar-refractivity contribution in [3.63, 3.8) is 0 Å². The number of rotatable bonds is 7. The molecule has 0 aliphatic heterocycles. The zero-order chi connectivity index (χ0) is 31.2. The molecule has 0 saturated carbocycles. The fraction of sp³-hybridized carbons (Fsp3) is 0. The summed E-state index contributed by atoms with van der Waals surface area (Å²) in [4.78, 5) is -1.17. The molecular formula is C26H19N5O9S3. The first kappa shape index (κ1) is 29.8. The molecule has 0 atom stereocenters. The van der Waals surface area contributed by atoms with E-state index in [0.717, 1.165) is 30.3 Å². The molecule has 5 aromatic rings. The van der Waals surface area contributed by atoms with E-state index in [1.807, 2.05) is 0 Å². The van der Waals surface area contributed by atoms with Gasteiger partial charge in [-0.1, -0.05) is 18.2 Å². The summed E-state index contributed by atoms with van der Waals surface area (Å²) in [6.07, 6.45) is 0. The molecule has 43 heavy (non-hydrogen) atoms. The quantitative estimate of drug-likeness (QED) is 0.0898. The van der Waals surface area contributed by atoms with Crippen LogP contribution in [0.1, 0.15) is 0 Å². The van der Waals surface area contributed by atoms with Crippen LogP contribution in [0.2, 0.25) is 0 Å². The number of anilines is 1. The second-order valence-corrected chi connectivity index (χ2v) is 13.2. The van der Waals surface area contributed by atoms with Crippen LogP contribution in [0.5, 0.6) is 0 Å². The highest BCUT2D eigenvalue weighted by Gasteiger charge is 2.18. The molecular weight excluding hydrogens is 623 g/mol. The van der Waals surface area contributed by atoms with Crippen molar-refractivity contribution in [3.8, 4) is 0 Å². The van der Waals surface area contributed by atoms with Crippen LogP contribution in [-0.2, 0) is 30.4 Å². The zero-order valence-corrected chi connectivity index (χ0v) is 23.9. The highest BCUT2D eigenvalue weighted by atomic mass is 32.2. The maximum Gasteiger partial charge on any atom is 0.295 e.